The van der Waals surface area contributed by atoms with Gasteiger partial charge in [0.2, 0.25) is 5.91 Å². The third-order valence-electron chi connectivity index (χ3n) is 8.21. The summed E-state index contributed by atoms with van der Waals surface area (Å²) in [4.78, 5) is 44.2. The van der Waals surface area contributed by atoms with Crippen LogP contribution in [0.25, 0.3) is 0 Å². The number of fused-ring (bicyclic) bond motifs is 4. The molecule has 5 rings (SSSR count). The van der Waals surface area contributed by atoms with Crippen LogP contribution in [-0.2, 0) is 16.1 Å². The van der Waals surface area contributed by atoms with E-state index >= 15 is 0 Å². The van der Waals surface area contributed by atoms with Crippen LogP contribution in [0.2, 0.25) is 0 Å². The lowest BCUT2D eigenvalue weighted by Gasteiger charge is -2.42. The van der Waals surface area contributed by atoms with Crippen LogP contribution < -0.4 is 25.4 Å². The minimum Gasteiger partial charge on any atom is -0.497 e. The number of rotatable bonds is 5. The van der Waals surface area contributed by atoms with Gasteiger partial charge in [0.15, 0.2) is 0 Å². The lowest BCUT2D eigenvalue weighted by Crippen LogP contribution is -2.62. The van der Waals surface area contributed by atoms with Crippen molar-refractivity contribution >= 4 is 17.8 Å². The number of methoxy groups -OCH3 is 1. The fourth-order valence-electron chi connectivity index (χ4n) is 6.02. The Balaban J connectivity index is 1.38. The van der Waals surface area contributed by atoms with E-state index in [0.717, 1.165) is 24.2 Å². The molecule has 3 aliphatic heterocycles. The summed E-state index contributed by atoms with van der Waals surface area (Å²) >= 11 is 0. The second-order valence-electron chi connectivity index (χ2n) is 11.7. The summed E-state index contributed by atoms with van der Waals surface area (Å²) in [6.07, 6.45) is 1.58. The molecule has 0 radical (unpaired) electrons. The number of benzene rings is 2. The van der Waals surface area contributed by atoms with Gasteiger partial charge in [-0.25, -0.2) is 4.79 Å². The molecule has 4 atom stereocenters. The first kappa shape index (κ1) is 30.6. The molecule has 4 amide bonds. The van der Waals surface area contributed by atoms with Crippen molar-refractivity contribution in [2.45, 2.75) is 70.0 Å². The van der Waals surface area contributed by atoms with E-state index in [0.29, 0.717) is 50.5 Å². The molecule has 3 aliphatic rings. The summed E-state index contributed by atoms with van der Waals surface area (Å²) in [6.45, 7) is 6.39. The molecule has 2 aromatic rings. The Bertz CT molecular complexity index is 1290. The number of carbonyl (C=O) groups excluding carboxylic acids is 3. The summed E-state index contributed by atoms with van der Waals surface area (Å²) in [5, 5.41) is 8.98. The van der Waals surface area contributed by atoms with Gasteiger partial charge in [0.1, 0.15) is 17.5 Å². The van der Waals surface area contributed by atoms with Crippen LogP contribution in [0.1, 0.15) is 49.0 Å². The van der Waals surface area contributed by atoms with Crippen LogP contribution in [0.3, 0.4) is 0 Å². The van der Waals surface area contributed by atoms with Crippen molar-refractivity contribution in [1.29, 1.82) is 0 Å². The predicted octanol–water partition coefficient (Wildman–Crippen LogP) is 2.54. The van der Waals surface area contributed by atoms with E-state index in [1.54, 1.807) is 24.1 Å². The number of nitrogens with zero attached hydrogens (tertiary/aromatic N) is 2. The average Bonchev–Trinajstić information content (AvgIpc) is 3.00. The molecule has 0 spiro atoms. The molecule has 43 heavy (non-hydrogen) atoms. The highest BCUT2D eigenvalue weighted by molar-refractivity contribution is 6.00. The second-order valence-corrected chi connectivity index (χ2v) is 11.7. The Labute approximate surface area is 253 Å². The maximum atomic E-state index is 13.9. The lowest BCUT2D eigenvalue weighted by molar-refractivity contribution is -0.130. The molecule has 2 fully saturated rings. The van der Waals surface area contributed by atoms with Crippen molar-refractivity contribution in [2.24, 2.45) is 0 Å². The van der Waals surface area contributed by atoms with Crippen molar-refractivity contribution in [1.82, 2.24) is 25.8 Å². The highest BCUT2D eigenvalue weighted by Gasteiger charge is 2.39. The van der Waals surface area contributed by atoms with E-state index in [9.17, 15) is 14.4 Å². The lowest BCUT2D eigenvalue weighted by atomic mass is 9.96. The molecule has 0 saturated carbocycles. The van der Waals surface area contributed by atoms with Gasteiger partial charge in [-0.2, -0.15) is 0 Å². The third-order valence-corrected chi connectivity index (χ3v) is 8.21. The van der Waals surface area contributed by atoms with E-state index in [4.69, 9.17) is 14.2 Å². The van der Waals surface area contributed by atoms with E-state index in [1.807, 2.05) is 50.2 Å². The molecule has 2 bridgehead atoms. The summed E-state index contributed by atoms with van der Waals surface area (Å²) in [7, 11) is 1.64. The van der Waals surface area contributed by atoms with Crippen molar-refractivity contribution in [2.75, 3.05) is 39.9 Å². The molecule has 0 aromatic heterocycles. The molecule has 3 N–H and O–H groups in total. The fraction of sp³-hybridized carbons (Fsp3) is 0.531. The maximum absolute atomic E-state index is 13.9. The Morgan fingerprint density at radius 2 is 1.93 bits per heavy atom. The zero-order valence-electron chi connectivity index (χ0n) is 25.2. The number of nitrogens with one attached hydrogen (secondary N) is 3. The molecule has 232 valence electrons. The van der Waals surface area contributed by atoms with Crippen LogP contribution >= 0.6 is 0 Å². The summed E-state index contributed by atoms with van der Waals surface area (Å²) in [5.41, 5.74) is 1.51. The molecule has 2 aromatic carbocycles. The number of carbonyl (C=O) groups is 3. The van der Waals surface area contributed by atoms with Gasteiger partial charge >= 0.3 is 6.03 Å². The van der Waals surface area contributed by atoms with E-state index in [1.165, 1.54) is 0 Å². The number of para-hydroxylation sites is 1. The molecule has 3 heterocycles. The minimum absolute atomic E-state index is 0.00396. The van der Waals surface area contributed by atoms with Crippen LogP contribution in [-0.4, -0.2) is 97.9 Å². The van der Waals surface area contributed by atoms with Gasteiger partial charge in [-0.1, -0.05) is 24.3 Å². The monoisotopic (exact) mass is 593 g/mol. The van der Waals surface area contributed by atoms with Gasteiger partial charge in [0.05, 0.1) is 37.5 Å². The molecule has 11 nitrogen and oxygen atoms in total. The normalized spacial score (nSPS) is 25.0. The first-order chi connectivity index (χ1) is 20.8. The van der Waals surface area contributed by atoms with Crippen molar-refractivity contribution in [3.05, 3.63) is 59.7 Å². The smallest absolute Gasteiger partial charge is 0.315 e. The Morgan fingerprint density at radius 1 is 1.09 bits per heavy atom. The quantitative estimate of drug-likeness (QED) is 0.487. The number of urea groups is 1. The van der Waals surface area contributed by atoms with Crippen molar-refractivity contribution in [3.63, 3.8) is 0 Å². The van der Waals surface area contributed by atoms with Crippen LogP contribution in [0.15, 0.2) is 48.5 Å². The van der Waals surface area contributed by atoms with Gasteiger partial charge < -0.3 is 35.1 Å². The molecule has 2 saturated heterocycles. The molecule has 0 aliphatic carbocycles. The first-order valence-corrected chi connectivity index (χ1v) is 15.2. The first-order valence-electron chi connectivity index (χ1n) is 15.2. The van der Waals surface area contributed by atoms with Gasteiger partial charge in [0.25, 0.3) is 5.91 Å². The number of ether oxygens (including phenoxy) is 3. The fourth-order valence-corrected chi connectivity index (χ4v) is 6.02. The standard InChI is InChI=1S/C32H43N5O6/c1-21(2)34-32(40)35-26-12-11-23-13-16-42-28-10-5-4-9-25(28)31(39)37-15-14-36(19-22-7-6-8-24(17-22)41-3)20-27(37)30(38)33-18-29(26)43-23/h4-10,17,21,23,26-27,29H,11-16,18-20H2,1-3H3,(H,33,38)(H2,34,35,40)/t23-,26+,27-,29+/m0/s1. The number of hydrogen-bond donors (Lipinski definition) is 3. The van der Waals surface area contributed by atoms with Gasteiger partial charge in [0, 0.05) is 45.2 Å². The van der Waals surface area contributed by atoms with Crippen LogP contribution in [0.4, 0.5) is 4.79 Å². The highest BCUT2D eigenvalue weighted by Crippen LogP contribution is 2.27. The number of amides is 4. The van der Waals surface area contributed by atoms with E-state index in [2.05, 4.69) is 20.9 Å². The van der Waals surface area contributed by atoms with Gasteiger partial charge in [-0.15, -0.1) is 0 Å². The number of piperazine rings is 1. The molecular weight excluding hydrogens is 550 g/mol. The number of hydrogen-bond acceptors (Lipinski definition) is 7. The molecule has 0 unspecified atom stereocenters. The summed E-state index contributed by atoms with van der Waals surface area (Å²) in [6, 6.07) is 13.8. The molecular formula is C32H43N5O6. The van der Waals surface area contributed by atoms with Gasteiger partial charge in [-0.3, -0.25) is 14.5 Å². The Morgan fingerprint density at radius 3 is 2.74 bits per heavy atom. The Hall–Kier alpha value is -3.83. The highest BCUT2D eigenvalue weighted by atomic mass is 16.5. The summed E-state index contributed by atoms with van der Waals surface area (Å²) < 4.78 is 17.9. The summed E-state index contributed by atoms with van der Waals surface area (Å²) in [5.74, 6) is 0.792. The van der Waals surface area contributed by atoms with Crippen LogP contribution in [0, 0.1) is 0 Å². The van der Waals surface area contributed by atoms with Crippen LogP contribution in [0.5, 0.6) is 11.5 Å². The maximum Gasteiger partial charge on any atom is 0.315 e. The Kier molecular flexibility index (Phi) is 10.0. The minimum atomic E-state index is -0.724. The zero-order chi connectivity index (χ0) is 30.3. The molecule has 11 heteroatoms. The zero-order valence-corrected chi connectivity index (χ0v) is 25.2. The topological polar surface area (TPSA) is 121 Å². The van der Waals surface area contributed by atoms with Gasteiger partial charge in [-0.05, 0) is 56.5 Å². The largest absolute Gasteiger partial charge is 0.497 e. The van der Waals surface area contributed by atoms with Crippen molar-refractivity contribution in [3.8, 4) is 11.5 Å². The second kappa shape index (κ2) is 14.1. The van der Waals surface area contributed by atoms with E-state index < -0.39 is 12.1 Å². The predicted molar refractivity (Wildman–Crippen MR) is 161 cm³/mol. The SMILES string of the molecule is COc1cccc(CN2CCN3C(=O)c4ccccc4OCC[C@@H]4CC[C@@H](NC(=O)NC(C)C)[C@@H](CNC(=O)[C@@H]3C2)O4)c1. The third kappa shape index (κ3) is 7.77. The van der Waals surface area contributed by atoms with E-state index in [-0.39, 0.29) is 42.6 Å². The van der Waals surface area contributed by atoms with Crippen molar-refractivity contribution < 1.29 is 28.6 Å². The average molecular weight is 594 g/mol.